The molecule has 1 saturated heterocycles. The maximum absolute atomic E-state index is 12.0. The van der Waals surface area contributed by atoms with Crippen LogP contribution in [0.25, 0.3) is 5.52 Å². The SMILES string of the molecule is CC(C)(C)OC(=O)NC1CCN(Cc2ccn3ncnc(Nc4cccc(N)c4)c23)CC1. The highest BCUT2D eigenvalue weighted by Crippen LogP contribution is 2.25. The Morgan fingerprint density at radius 1 is 1.25 bits per heavy atom. The van der Waals surface area contributed by atoms with Crippen LogP contribution in [0.15, 0.2) is 42.9 Å². The Morgan fingerprint density at radius 3 is 2.75 bits per heavy atom. The minimum Gasteiger partial charge on any atom is -0.444 e. The Kier molecular flexibility index (Phi) is 6.18. The van der Waals surface area contributed by atoms with Crippen LogP contribution in [0.3, 0.4) is 0 Å². The van der Waals surface area contributed by atoms with Gasteiger partial charge in [-0.2, -0.15) is 5.10 Å². The quantitative estimate of drug-likeness (QED) is 0.524. The maximum atomic E-state index is 12.0. The molecule has 170 valence electrons. The number of hydrogen-bond acceptors (Lipinski definition) is 7. The van der Waals surface area contributed by atoms with Crippen molar-refractivity contribution < 1.29 is 9.53 Å². The Balaban J connectivity index is 1.40. The van der Waals surface area contributed by atoms with Gasteiger partial charge in [0.2, 0.25) is 0 Å². The zero-order valence-corrected chi connectivity index (χ0v) is 18.8. The van der Waals surface area contributed by atoms with E-state index in [4.69, 9.17) is 10.5 Å². The molecule has 32 heavy (non-hydrogen) atoms. The molecule has 0 radical (unpaired) electrons. The summed E-state index contributed by atoms with van der Waals surface area (Å²) < 4.78 is 7.22. The van der Waals surface area contributed by atoms with Crippen LogP contribution < -0.4 is 16.4 Å². The lowest BCUT2D eigenvalue weighted by atomic mass is 10.0. The van der Waals surface area contributed by atoms with E-state index in [0.717, 1.165) is 55.1 Å². The third-order valence-electron chi connectivity index (χ3n) is 5.39. The van der Waals surface area contributed by atoms with Crippen LogP contribution in [0, 0.1) is 0 Å². The average molecular weight is 438 g/mol. The van der Waals surface area contributed by atoms with Crippen molar-refractivity contribution in [2.24, 2.45) is 0 Å². The van der Waals surface area contributed by atoms with Crippen LogP contribution in [-0.2, 0) is 11.3 Å². The first-order valence-electron chi connectivity index (χ1n) is 10.9. The number of likely N-dealkylation sites (tertiary alicyclic amines) is 1. The highest BCUT2D eigenvalue weighted by atomic mass is 16.6. The number of piperidine rings is 1. The van der Waals surface area contributed by atoms with Crippen LogP contribution in [0.5, 0.6) is 0 Å². The average Bonchev–Trinajstić information content (AvgIpc) is 3.12. The number of benzene rings is 1. The van der Waals surface area contributed by atoms with Crippen LogP contribution in [0.1, 0.15) is 39.2 Å². The van der Waals surface area contributed by atoms with Crippen molar-refractivity contribution in [3.8, 4) is 0 Å². The molecule has 1 amide bonds. The van der Waals surface area contributed by atoms with Gasteiger partial charge in [0.25, 0.3) is 0 Å². The van der Waals surface area contributed by atoms with Crippen LogP contribution >= 0.6 is 0 Å². The fourth-order valence-electron chi connectivity index (χ4n) is 3.94. The van der Waals surface area contributed by atoms with Gasteiger partial charge in [-0.1, -0.05) is 6.07 Å². The van der Waals surface area contributed by atoms with Crippen molar-refractivity contribution in [3.63, 3.8) is 0 Å². The predicted molar refractivity (Wildman–Crippen MR) is 125 cm³/mol. The van der Waals surface area contributed by atoms with Crippen LogP contribution in [-0.4, -0.2) is 50.3 Å². The van der Waals surface area contributed by atoms with Crippen molar-refractivity contribution in [2.45, 2.75) is 51.8 Å². The summed E-state index contributed by atoms with van der Waals surface area (Å²) in [5.74, 6) is 0.743. The molecule has 2 aromatic heterocycles. The summed E-state index contributed by atoms with van der Waals surface area (Å²) in [6, 6.07) is 9.81. The maximum Gasteiger partial charge on any atom is 0.407 e. The van der Waals surface area contributed by atoms with Gasteiger partial charge in [0.15, 0.2) is 5.82 Å². The molecule has 0 bridgehead atoms. The fourth-order valence-corrected chi connectivity index (χ4v) is 3.94. The largest absolute Gasteiger partial charge is 0.444 e. The Bertz CT molecular complexity index is 1080. The van der Waals surface area contributed by atoms with Crippen molar-refractivity contribution in [1.82, 2.24) is 24.8 Å². The zero-order chi connectivity index (χ0) is 22.7. The molecule has 4 rings (SSSR count). The molecular weight excluding hydrogens is 406 g/mol. The summed E-state index contributed by atoms with van der Waals surface area (Å²) in [6.07, 6.45) is 4.92. The summed E-state index contributed by atoms with van der Waals surface area (Å²) in [4.78, 5) is 18.9. The van der Waals surface area contributed by atoms with Crippen molar-refractivity contribution in [3.05, 3.63) is 48.4 Å². The highest BCUT2D eigenvalue weighted by Gasteiger charge is 2.24. The van der Waals surface area contributed by atoms with Gasteiger partial charge in [0, 0.05) is 43.2 Å². The number of hydrogen-bond donors (Lipinski definition) is 3. The molecule has 1 aliphatic rings. The van der Waals surface area contributed by atoms with E-state index in [0.29, 0.717) is 5.69 Å². The first-order valence-corrected chi connectivity index (χ1v) is 10.9. The molecule has 1 fully saturated rings. The molecule has 9 heteroatoms. The molecule has 1 aliphatic heterocycles. The molecule has 3 heterocycles. The lowest BCUT2D eigenvalue weighted by Gasteiger charge is -2.32. The Morgan fingerprint density at radius 2 is 2.03 bits per heavy atom. The summed E-state index contributed by atoms with van der Waals surface area (Å²) in [6.45, 7) is 8.19. The number of carbonyl (C=O) groups excluding carboxylic acids is 1. The van der Waals surface area contributed by atoms with Crippen LogP contribution in [0.2, 0.25) is 0 Å². The number of aromatic nitrogens is 3. The van der Waals surface area contributed by atoms with Gasteiger partial charge in [0.1, 0.15) is 17.4 Å². The molecular formula is C23H31N7O2. The number of amides is 1. The van der Waals surface area contributed by atoms with E-state index >= 15 is 0 Å². The number of carbonyl (C=O) groups is 1. The van der Waals surface area contributed by atoms with Crippen LogP contribution in [0.4, 0.5) is 22.0 Å². The highest BCUT2D eigenvalue weighted by molar-refractivity contribution is 5.77. The second-order valence-electron chi connectivity index (χ2n) is 9.19. The van der Waals surface area contributed by atoms with E-state index in [1.54, 1.807) is 6.33 Å². The summed E-state index contributed by atoms with van der Waals surface area (Å²) in [5.41, 5.74) is 9.10. The number of alkyl carbamates (subject to hydrolysis) is 1. The van der Waals surface area contributed by atoms with Crippen molar-refractivity contribution >= 4 is 28.8 Å². The van der Waals surface area contributed by atoms with Gasteiger partial charge in [-0.05, 0) is 63.4 Å². The second kappa shape index (κ2) is 9.04. The normalized spacial score (nSPS) is 15.6. The van der Waals surface area contributed by atoms with Gasteiger partial charge in [-0.3, -0.25) is 4.90 Å². The summed E-state index contributed by atoms with van der Waals surface area (Å²) >= 11 is 0. The van der Waals surface area contributed by atoms with E-state index in [1.807, 2.05) is 55.7 Å². The number of fused-ring (bicyclic) bond motifs is 1. The summed E-state index contributed by atoms with van der Waals surface area (Å²) in [7, 11) is 0. The standard InChI is InChI=1S/C23H31N7O2/c1-23(2,3)32-22(31)28-18-8-10-29(11-9-18)14-16-7-12-30-20(16)21(25-15-26-30)27-19-6-4-5-17(24)13-19/h4-7,12-13,15,18H,8-11,14,24H2,1-3H3,(H,28,31)(H,25,26,27). The lowest BCUT2D eigenvalue weighted by Crippen LogP contribution is -2.45. The third kappa shape index (κ3) is 5.47. The van der Waals surface area contributed by atoms with E-state index < -0.39 is 5.60 Å². The van der Waals surface area contributed by atoms with E-state index in [9.17, 15) is 4.79 Å². The smallest absolute Gasteiger partial charge is 0.407 e. The minimum absolute atomic E-state index is 0.135. The molecule has 9 nitrogen and oxygen atoms in total. The third-order valence-corrected chi connectivity index (χ3v) is 5.39. The zero-order valence-electron chi connectivity index (χ0n) is 18.8. The number of rotatable bonds is 5. The van der Waals surface area contributed by atoms with Crippen molar-refractivity contribution in [1.29, 1.82) is 0 Å². The topological polar surface area (TPSA) is 110 Å². The molecule has 1 aromatic carbocycles. The lowest BCUT2D eigenvalue weighted by molar-refractivity contribution is 0.0477. The molecule has 0 aliphatic carbocycles. The van der Waals surface area contributed by atoms with Gasteiger partial charge in [-0.25, -0.2) is 14.3 Å². The number of nitrogens with one attached hydrogen (secondary N) is 2. The van der Waals surface area contributed by atoms with Gasteiger partial charge < -0.3 is 21.1 Å². The van der Waals surface area contributed by atoms with Gasteiger partial charge >= 0.3 is 6.09 Å². The molecule has 0 saturated carbocycles. The number of nitrogen functional groups attached to an aromatic ring is 1. The molecule has 3 aromatic rings. The first kappa shape index (κ1) is 21.9. The molecule has 0 unspecified atom stereocenters. The van der Waals surface area contributed by atoms with Gasteiger partial charge in [-0.15, -0.1) is 0 Å². The molecule has 0 spiro atoms. The number of nitrogens with zero attached hydrogens (tertiary/aromatic N) is 4. The first-order chi connectivity index (χ1) is 15.3. The number of ether oxygens (including phenoxy) is 1. The van der Waals surface area contributed by atoms with Gasteiger partial charge in [0.05, 0.1) is 0 Å². The predicted octanol–water partition coefficient (Wildman–Crippen LogP) is 3.54. The Hall–Kier alpha value is -3.33. The molecule has 0 atom stereocenters. The van der Waals surface area contributed by atoms with Crippen molar-refractivity contribution in [2.75, 3.05) is 24.1 Å². The van der Waals surface area contributed by atoms with E-state index in [2.05, 4.69) is 31.7 Å². The van der Waals surface area contributed by atoms with E-state index in [1.165, 1.54) is 0 Å². The molecule has 4 N–H and O–H groups in total. The minimum atomic E-state index is -0.486. The number of anilines is 3. The fraction of sp³-hybridized carbons (Fsp3) is 0.435. The second-order valence-corrected chi connectivity index (χ2v) is 9.19. The number of nitrogens with two attached hydrogens (primary N) is 1. The Labute approximate surface area is 187 Å². The van der Waals surface area contributed by atoms with E-state index in [-0.39, 0.29) is 12.1 Å². The summed E-state index contributed by atoms with van der Waals surface area (Å²) in [5, 5.41) is 10.7. The monoisotopic (exact) mass is 437 g/mol.